The van der Waals surface area contributed by atoms with Gasteiger partial charge < -0.3 is 10.8 Å². The first-order chi connectivity index (χ1) is 4.61. The number of phenols is 1. The molecule has 1 radical (unpaired) electrons. The lowest BCUT2D eigenvalue weighted by molar-refractivity contribution is 0.469. The molecule has 0 atom stereocenters. The van der Waals surface area contributed by atoms with Gasteiger partial charge >= 0.3 is 0 Å². The van der Waals surface area contributed by atoms with Crippen LogP contribution in [-0.2, 0) is 0 Å². The number of aryl methyl sites for hydroxylation is 1. The van der Waals surface area contributed by atoms with E-state index in [-0.39, 0.29) is 5.75 Å². The highest BCUT2D eigenvalue weighted by Crippen LogP contribution is 2.23. The molecule has 0 spiro atoms. The third-order valence-electron chi connectivity index (χ3n) is 1.40. The second kappa shape index (κ2) is 2.21. The molecule has 1 aromatic carbocycles. The maximum absolute atomic E-state index is 9.21. The number of hydrogen-bond donors (Lipinski definition) is 2. The van der Waals surface area contributed by atoms with Crippen LogP contribution in [0.1, 0.15) is 11.1 Å². The van der Waals surface area contributed by atoms with Gasteiger partial charge in [0.25, 0.3) is 0 Å². The van der Waals surface area contributed by atoms with Crippen LogP contribution in [0.4, 0.5) is 5.69 Å². The van der Waals surface area contributed by atoms with Crippen molar-refractivity contribution in [3.63, 3.8) is 0 Å². The van der Waals surface area contributed by atoms with Crippen molar-refractivity contribution in [2.24, 2.45) is 0 Å². The van der Waals surface area contributed by atoms with Gasteiger partial charge in [0.15, 0.2) is 0 Å². The largest absolute Gasteiger partial charge is 0.507 e. The normalized spacial score (nSPS) is 9.80. The number of benzene rings is 1. The molecule has 10 heavy (non-hydrogen) atoms. The summed E-state index contributed by atoms with van der Waals surface area (Å²) >= 11 is 0. The van der Waals surface area contributed by atoms with Crippen LogP contribution in [0.25, 0.3) is 0 Å². The van der Waals surface area contributed by atoms with Gasteiger partial charge in [-0.15, -0.1) is 0 Å². The molecule has 53 valence electrons. The second-order valence-corrected chi connectivity index (χ2v) is 2.35. The first kappa shape index (κ1) is 6.93. The SMILES string of the molecule is [CH2]c1cc(N)cc(C)c1O. The van der Waals surface area contributed by atoms with E-state index in [1.165, 1.54) is 0 Å². The molecule has 1 rings (SSSR count). The summed E-state index contributed by atoms with van der Waals surface area (Å²) < 4.78 is 0. The summed E-state index contributed by atoms with van der Waals surface area (Å²) in [5.41, 5.74) is 7.47. The first-order valence-electron chi connectivity index (χ1n) is 3.02. The third-order valence-corrected chi connectivity index (χ3v) is 1.40. The summed E-state index contributed by atoms with van der Waals surface area (Å²) in [7, 11) is 0. The molecule has 0 unspecified atom stereocenters. The number of rotatable bonds is 0. The number of aromatic hydroxyl groups is 1. The highest BCUT2D eigenvalue weighted by atomic mass is 16.3. The molecule has 0 bridgehead atoms. The van der Waals surface area contributed by atoms with Crippen molar-refractivity contribution >= 4 is 5.69 Å². The Morgan fingerprint density at radius 2 is 2.10 bits per heavy atom. The van der Waals surface area contributed by atoms with E-state index in [4.69, 9.17) is 5.73 Å². The fraction of sp³-hybridized carbons (Fsp3) is 0.125. The Hall–Kier alpha value is -1.18. The lowest BCUT2D eigenvalue weighted by Gasteiger charge is -2.02. The smallest absolute Gasteiger partial charge is 0.121 e. The molecule has 0 aromatic heterocycles. The Balaban J connectivity index is 3.31. The Morgan fingerprint density at radius 1 is 1.50 bits per heavy atom. The quantitative estimate of drug-likeness (QED) is 0.419. The zero-order chi connectivity index (χ0) is 7.72. The van der Waals surface area contributed by atoms with Crippen molar-refractivity contribution in [3.8, 4) is 5.75 Å². The molecule has 0 amide bonds. The minimum atomic E-state index is 0.231. The number of anilines is 1. The topological polar surface area (TPSA) is 46.2 Å². The molecule has 0 aliphatic rings. The van der Waals surface area contributed by atoms with Crippen LogP contribution in [0.15, 0.2) is 12.1 Å². The predicted molar refractivity (Wildman–Crippen MR) is 41.7 cm³/mol. The fourth-order valence-electron chi connectivity index (χ4n) is 0.883. The van der Waals surface area contributed by atoms with Crippen LogP contribution >= 0.6 is 0 Å². The van der Waals surface area contributed by atoms with Crippen molar-refractivity contribution in [3.05, 3.63) is 30.2 Å². The van der Waals surface area contributed by atoms with Crippen LogP contribution in [0, 0.1) is 13.8 Å². The molecule has 0 aliphatic heterocycles. The zero-order valence-electron chi connectivity index (χ0n) is 5.89. The fourth-order valence-corrected chi connectivity index (χ4v) is 0.883. The van der Waals surface area contributed by atoms with Gasteiger partial charge in [-0.3, -0.25) is 0 Å². The highest BCUT2D eigenvalue weighted by Gasteiger charge is 1.99. The molecule has 0 heterocycles. The predicted octanol–water partition coefficient (Wildman–Crippen LogP) is 1.47. The van der Waals surface area contributed by atoms with E-state index in [0.29, 0.717) is 11.3 Å². The number of nitrogen functional groups attached to an aromatic ring is 1. The monoisotopic (exact) mass is 136 g/mol. The molecule has 3 N–H and O–H groups in total. The van der Waals surface area contributed by atoms with E-state index >= 15 is 0 Å². The van der Waals surface area contributed by atoms with E-state index in [0.717, 1.165) is 5.56 Å². The minimum Gasteiger partial charge on any atom is -0.507 e. The van der Waals surface area contributed by atoms with Crippen molar-refractivity contribution < 1.29 is 5.11 Å². The standard InChI is InChI=1S/C8H10NO/c1-5-3-7(9)4-6(2)8(5)10/h3-4,10H,1,9H2,2H3. The number of hydrogen-bond acceptors (Lipinski definition) is 2. The van der Waals surface area contributed by atoms with Gasteiger partial charge in [-0.25, -0.2) is 0 Å². The summed E-state index contributed by atoms with van der Waals surface area (Å²) in [6, 6.07) is 3.35. The van der Waals surface area contributed by atoms with Gasteiger partial charge in [0.1, 0.15) is 5.75 Å². The van der Waals surface area contributed by atoms with Crippen LogP contribution in [0.2, 0.25) is 0 Å². The molecular weight excluding hydrogens is 126 g/mol. The average molecular weight is 136 g/mol. The molecule has 1 aromatic rings. The second-order valence-electron chi connectivity index (χ2n) is 2.35. The van der Waals surface area contributed by atoms with Gasteiger partial charge in [0.2, 0.25) is 0 Å². The molecule has 0 saturated carbocycles. The summed E-state index contributed by atoms with van der Waals surface area (Å²) in [5.74, 6) is 0.231. The maximum atomic E-state index is 9.21. The van der Waals surface area contributed by atoms with Crippen LogP contribution in [0.3, 0.4) is 0 Å². The molecule has 0 aliphatic carbocycles. The van der Waals surface area contributed by atoms with Gasteiger partial charge in [-0.05, 0) is 37.1 Å². The van der Waals surface area contributed by atoms with Gasteiger partial charge in [0.05, 0.1) is 0 Å². The van der Waals surface area contributed by atoms with Gasteiger partial charge in [-0.1, -0.05) is 0 Å². The van der Waals surface area contributed by atoms with E-state index < -0.39 is 0 Å². The summed E-state index contributed by atoms with van der Waals surface area (Å²) in [5, 5.41) is 9.21. The molecule has 0 fully saturated rings. The third kappa shape index (κ3) is 1.05. The molecule has 2 nitrogen and oxygen atoms in total. The van der Waals surface area contributed by atoms with Crippen molar-refractivity contribution in [2.75, 3.05) is 5.73 Å². The first-order valence-corrected chi connectivity index (χ1v) is 3.02. The molecule has 0 saturated heterocycles. The zero-order valence-corrected chi connectivity index (χ0v) is 5.89. The lowest BCUT2D eigenvalue weighted by Crippen LogP contribution is -1.87. The van der Waals surface area contributed by atoms with Crippen molar-refractivity contribution in [2.45, 2.75) is 6.92 Å². The lowest BCUT2D eigenvalue weighted by atomic mass is 10.1. The maximum Gasteiger partial charge on any atom is 0.121 e. The highest BCUT2D eigenvalue weighted by molar-refractivity contribution is 5.53. The van der Waals surface area contributed by atoms with Gasteiger partial charge in [0, 0.05) is 5.69 Å². The van der Waals surface area contributed by atoms with Crippen LogP contribution in [-0.4, -0.2) is 5.11 Å². The van der Waals surface area contributed by atoms with E-state index in [1.807, 2.05) is 0 Å². The van der Waals surface area contributed by atoms with Crippen LogP contribution in [0.5, 0.6) is 5.75 Å². The summed E-state index contributed by atoms with van der Waals surface area (Å²) in [4.78, 5) is 0. The van der Waals surface area contributed by atoms with E-state index in [1.54, 1.807) is 19.1 Å². The van der Waals surface area contributed by atoms with Gasteiger partial charge in [-0.2, -0.15) is 0 Å². The van der Waals surface area contributed by atoms with Crippen LogP contribution < -0.4 is 5.73 Å². The Morgan fingerprint density at radius 3 is 2.60 bits per heavy atom. The Labute approximate surface area is 60.3 Å². The summed E-state index contributed by atoms with van der Waals surface area (Å²) in [6.45, 7) is 5.40. The Kier molecular flexibility index (Phi) is 1.53. The van der Waals surface area contributed by atoms with Crippen molar-refractivity contribution in [1.82, 2.24) is 0 Å². The molecular formula is C8H10NO. The van der Waals surface area contributed by atoms with Crippen molar-refractivity contribution in [1.29, 1.82) is 0 Å². The Bertz CT molecular complexity index is 232. The average Bonchev–Trinajstić information content (AvgIpc) is 1.82. The number of nitrogens with two attached hydrogens (primary N) is 1. The molecule has 2 heteroatoms. The minimum absolute atomic E-state index is 0.231. The number of phenolic OH excluding ortho intramolecular Hbond substituents is 1. The van der Waals surface area contributed by atoms with E-state index in [9.17, 15) is 5.11 Å². The summed E-state index contributed by atoms with van der Waals surface area (Å²) in [6.07, 6.45) is 0. The van der Waals surface area contributed by atoms with E-state index in [2.05, 4.69) is 6.92 Å².